The van der Waals surface area contributed by atoms with Crippen LogP contribution in [0.4, 0.5) is 0 Å². The van der Waals surface area contributed by atoms with Crippen LogP contribution in [0.2, 0.25) is 0 Å². The molecule has 7 heteroatoms. The van der Waals surface area contributed by atoms with Crippen molar-refractivity contribution in [1.82, 2.24) is 14.3 Å². The van der Waals surface area contributed by atoms with E-state index in [9.17, 15) is 8.42 Å². The molecule has 0 radical (unpaired) electrons. The lowest BCUT2D eigenvalue weighted by Gasteiger charge is -2.37. The van der Waals surface area contributed by atoms with Crippen LogP contribution in [-0.2, 0) is 23.0 Å². The average molecular weight is 270 g/mol. The number of aryl methyl sites for hydroxylation is 1. The first-order valence-corrected chi connectivity index (χ1v) is 7.82. The van der Waals surface area contributed by atoms with Gasteiger partial charge in [-0.1, -0.05) is 0 Å². The van der Waals surface area contributed by atoms with Gasteiger partial charge in [0.25, 0.3) is 10.0 Å². The van der Waals surface area contributed by atoms with Crippen molar-refractivity contribution >= 4 is 10.0 Å². The Kier molecular flexibility index (Phi) is 2.72. The van der Waals surface area contributed by atoms with Crippen LogP contribution >= 0.6 is 0 Å². The zero-order chi connectivity index (χ0) is 12.8. The lowest BCUT2D eigenvalue weighted by Crippen LogP contribution is -2.54. The Morgan fingerprint density at radius 2 is 2.22 bits per heavy atom. The van der Waals surface area contributed by atoms with Crippen LogP contribution in [0, 0.1) is 0 Å². The molecule has 6 nitrogen and oxygen atoms in total. The second kappa shape index (κ2) is 4.04. The van der Waals surface area contributed by atoms with E-state index in [4.69, 9.17) is 5.73 Å². The molecule has 1 aromatic heterocycles. The Morgan fingerprint density at radius 3 is 2.89 bits per heavy atom. The highest BCUT2D eigenvalue weighted by Gasteiger charge is 2.34. The number of nitrogens with zero attached hydrogens (tertiary/aromatic N) is 2. The Hall–Kier alpha value is -0.920. The summed E-state index contributed by atoms with van der Waals surface area (Å²) < 4.78 is 28.8. The van der Waals surface area contributed by atoms with Crippen molar-refractivity contribution in [3.63, 3.8) is 0 Å². The highest BCUT2D eigenvalue weighted by molar-refractivity contribution is 7.89. The summed E-state index contributed by atoms with van der Waals surface area (Å²) >= 11 is 0. The third-order valence-corrected chi connectivity index (χ3v) is 5.32. The summed E-state index contributed by atoms with van der Waals surface area (Å²) in [5, 5.41) is 0.276. The smallest absolute Gasteiger partial charge is 0.257 e. The fraction of sp³-hybridized carbons (Fsp3) is 0.727. The molecule has 1 aromatic rings. The molecule has 2 aliphatic rings. The van der Waals surface area contributed by atoms with Gasteiger partial charge in [-0.3, -0.25) is 0 Å². The average Bonchev–Trinajstić information content (AvgIpc) is 2.84. The minimum Gasteiger partial charge on any atom is -0.324 e. The van der Waals surface area contributed by atoms with Gasteiger partial charge in [-0.2, -0.15) is 0 Å². The van der Waals surface area contributed by atoms with Crippen molar-refractivity contribution in [2.24, 2.45) is 5.73 Å². The van der Waals surface area contributed by atoms with E-state index in [0.717, 1.165) is 44.5 Å². The number of fused-ring (bicyclic) bond motifs is 1. The molecule has 18 heavy (non-hydrogen) atoms. The molecule has 0 aromatic carbocycles. The van der Waals surface area contributed by atoms with E-state index in [0.29, 0.717) is 6.54 Å². The molecule has 0 bridgehead atoms. The minimum absolute atomic E-state index is 0.276. The molecule has 3 N–H and O–H groups in total. The highest BCUT2D eigenvalue weighted by atomic mass is 32.2. The van der Waals surface area contributed by atoms with Crippen LogP contribution < -0.4 is 10.5 Å². The van der Waals surface area contributed by atoms with E-state index >= 15 is 0 Å². The summed E-state index contributed by atoms with van der Waals surface area (Å²) in [6, 6.07) is 0. The number of nitrogens with one attached hydrogen (secondary N) is 1. The zero-order valence-electron chi connectivity index (χ0n) is 10.2. The van der Waals surface area contributed by atoms with Crippen LogP contribution in [0.25, 0.3) is 0 Å². The summed E-state index contributed by atoms with van der Waals surface area (Å²) in [4.78, 5) is 4.15. The molecule has 2 heterocycles. The van der Waals surface area contributed by atoms with Crippen LogP contribution in [0.3, 0.4) is 0 Å². The summed E-state index contributed by atoms with van der Waals surface area (Å²) in [6.07, 6.45) is 6.13. The Labute approximate surface area is 107 Å². The molecule has 100 valence electrons. The fourth-order valence-corrected chi connectivity index (χ4v) is 3.87. The predicted octanol–water partition coefficient (Wildman–Crippen LogP) is -0.0110. The molecule has 0 atom stereocenters. The number of hydrogen-bond donors (Lipinski definition) is 2. The first kappa shape index (κ1) is 12.1. The minimum atomic E-state index is -3.48. The fourth-order valence-electron chi connectivity index (χ4n) is 2.57. The summed E-state index contributed by atoms with van der Waals surface area (Å²) in [7, 11) is -3.48. The van der Waals surface area contributed by atoms with Crippen LogP contribution in [0.1, 0.15) is 31.5 Å². The van der Waals surface area contributed by atoms with Gasteiger partial charge in [0.1, 0.15) is 5.82 Å². The molecule has 0 spiro atoms. The second-order valence-corrected chi connectivity index (χ2v) is 7.02. The topological polar surface area (TPSA) is 90.0 Å². The zero-order valence-corrected chi connectivity index (χ0v) is 11.0. The standard InChI is InChI=1S/C11H18N4O2S/c12-11(4-2-5-11)8-14-18(16,17)10-7-13-9-3-1-6-15(9)10/h7,14H,1-6,8,12H2. The second-order valence-electron chi connectivity index (χ2n) is 5.31. The largest absolute Gasteiger partial charge is 0.324 e. The van der Waals surface area contributed by atoms with Crippen LogP contribution in [-0.4, -0.2) is 30.1 Å². The maximum Gasteiger partial charge on any atom is 0.257 e. The summed E-state index contributed by atoms with van der Waals surface area (Å²) in [5.74, 6) is 0.862. The number of rotatable bonds is 4. The van der Waals surface area contributed by atoms with Crippen molar-refractivity contribution in [2.45, 2.75) is 49.2 Å². The Balaban J connectivity index is 1.77. The monoisotopic (exact) mass is 270 g/mol. The molecule has 0 saturated heterocycles. The van der Waals surface area contributed by atoms with E-state index in [2.05, 4.69) is 9.71 Å². The summed E-state index contributed by atoms with van der Waals surface area (Å²) in [6.45, 7) is 1.05. The van der Waals surface area contributed by atoms with Gasteiger partial charge in [-0.05, 0) is 25.7 Å². The number of sulfonamides is 1. The third-order valence-electron chi connectivity index (χ3n) is 3.92. The number of nitrogens with two attached hydrogens (primary N) is 1. The van der Waals surface area contributed by atoms with E-state index < -0.39 is 10.0 Å². The Bertz CT molecular complexity index is 560. The number of aromatic nitrogens is 2. The first-order chi connectivity index (χ1) is 8.50. The molecule has 1 aliphatic carbocycles. The number of imidazole rings is 1. The van der Waals surface area contributed by atoms with Gasteiger partial charge in [0, 0.05) is 25.0 Å². The molecule has 0 amide bonds. The van der Waals surface area contributed by atoms with Crippen molar-refractivity contribution < 1.29 is 8.42 Å². The molecule has 1 aliphatic heterocycles. The quantitative estimate of drug-likeness (QED) is 0.805. The van der Waals surface area contributed by atoms with Crippen molar-refractivity contribution in [3.8, 4) is 0 Å². The molecule has 3 rings (SSSR count). The van der Waals surface area contributed by atoms with Crippen molar-refractivity contribution in [1.29, 1.82) is 0 Å². The van der Waals surface area contributed by atoms with Gasteiger partial charge in [0.05, 0.1) is 6.20 Å². The van der Waals surface area contributed by atoms with E-state index in [1.165, 1.54) is 6.20 Å². The lowest BCUT2D eigenvalue weighted by molar-refractivity contribution is 0.251. The third kappa shape index (κ3) is 1.96. The maximum atomic E-state index is 12.2. The number of hydrogen-bond acceptors (Lipinski definition) is 4. The molecule has 1 saturated carbocycles. The van der Waals surface area contributed by atoms with Crippen LogP contribution in [0.5, 0.6) is 0 Å². The molecule has 1 fully saturated rings. The molecule has 0 unspecified atom stereocenters. The van der Waals surface area contributed by atoms with Gasteiger partial charge in [-0.15, -0.1) is 0 Å². The first-order valence-electron chi connectivity index (χ1n) is 6.33. The van der Waals surface area contributed by atoms with Crippen molar-refractivity contribution in [3.05, 3.63) is 12.0 Å². The van der Waals surface area contributed by atoms with Gasteiger partial charge in [-0.25, -0.2) is 18.1 Å². The predicted molar refractivity (Wildman–Crippen MR) is 66.5 cm³/mol. The van der Waals surface area contributed by atoms with Gasteiger partial charge in [0.2, 0.25) is 0 Å². The van der Waals surface area contributed by atoms with E-state index in [1.54, 1.807) is 4.57 Å². The molecular formula is C11H18N4O2S. The lowest BCUT2D eigenvalue weighted by atomic mass is 9.78. The van der Waals surface area contributed by atoms with Gasteiger partial charge in [0.15, 0.2) is 5.03 Å². The maximum absolute atomic E-state index is 12.2. The van der Waals surface area contributed by atoms with Crippen LogP contribution in [0.15, 0.2) is 11.2 Å². The van der Waals surface area contributed by atoms with E-state index in [1.807, 2.05) is 0 Å². The van der Waals surface area contributed by atoms with Gasteiger partial charge >= 0.3 is 0 Å². The SMILES string of the molecule is NC1(CNS(=O)(=O)c2cnc3n2CCC3)CCC1. The van der Waals surface area contributed by atoms with Gasteiger partial charge < -0.3 is 10.3 Å². The molecular weight excluding hydrogens is 252 g/mol. The van der Waals surface area contributed by atoms with Crippen molar-refractivity contribution in [2.75, 3.05) is 6.54 Å². The normalized spacial score (nSPS) is 21.6. The highest BCUT2D eigenvalue weighted by Crippen LogP contribution is 2.28. The summed E-state index contributed by atoms with van der Waals surface area (Å²) in [5.41, 5.74) is 5.68. The van der Waals surface area contributed by atoms with E-state index in [-0.39, 0.29) is 10.6 Å². The Morgan fingerprint density at radius 1 is 1.44 bits per heavy atom.